The van der Waals surface area contributed by atoms with Crippen molar-refractivity contribution in [3.8, 4) is 44.9 Å². The summed E-state index contributed by atoms with van der Waals surface area (Å²) in [7, 11) is 0. The van der Waals surface area contributed by atoms with Crippen LogP contribution in [0.15, 0.2) is 140 Å². The third kappa shape index (κ3) is 4.23. The Morgan fingerprint density at radius 2 is 1.00 bits per heavy atom. The lowest BCUT2D eigenvalue weighted by molar-refractivity contribution is 0.488. The maximum absolute atomic E-state index is 6.60. The van der Waals surface area contributed by atoms with Crippen molar-refractivity contribution in [1.29, 1.82) is 0 Å². The van der Waals surface area contributed by atoms with Gasteiger partial charge in [-0.3, -0.25) is 0 Å². The van der Waals surface area contributed by atoms with Crippen LogP contribution in [0.5, 0.6) is 11.5 Å². The maximum atomic E-state index is 6.60. The number of rotatable bonds is 2. The predicted octanol–water partition coefficient (Wildman–Crippen LogP) is 12.7. The number of hydrogen-bond donors (Lipinski definition) is 0. The first-order valence-corrected chi connectivity index (χ1v) is 15.7. The average Bonchev–Trinajstić information content (AvgIpc) is 3.07. The summed E-state index contributed by atoms with van der Waals surface area (Å²) in [6.45, 7) is 6.82. The minimum absolute atomic E-state index is 0.0870. The molecule has 0 aliphatic carbocycles. The fraction of sp³-hybridized carbons (Fsp3) is 0.0909. The standard InChI is InChI=1S/C44H32O/c1-44(2,3)36-19-17-35-25-42-43-37(39(35)26-36)9-6-10-38(43)40-24-34(18-20-41(40)45-42)33-16-15-31-22-30(13-14-32(31)23-33)29-12-11-27-7-4-5-8-28(27)21-29/h4-26H,1-3H3. The number of hydrogen-bond acceptors (Lipinski definition) is 1. The van der Waals surface area contributed by atoms with Gasteiger partial charge in [0.15, 0.2) is 0 Å². The molecule has 0 unspecified atom stereocenters. The first-order valence-electron chi connectivity index (χ1n) is 15.7. The minimum atomic E-state index is 0.0870. The Bertz CT molecular complexity index is 2490. The Balaban J connectivity index is 1.13. The zero-order valence-corrected chi connectivity index (χ0v) is 25.7. The van der Waals surface area contributed by atoms with E-state index in [9.17, 15) is 0 Å². The maximum Gasteiger partial charge on any atom is 0.136 e. The SMILES string of the molecule is CC(C)(C)c1ccc2cc3c4c(cccc4c2c1)-c1cc(-c2ccc4cc(-c5ccc6ccccc6c5)ccc4c2)ccc1O3. The highest BCUT2D eigenvalue weighted by Gasteiger charge is 2.23. The van der Waals surface area contributed by atoms with Gasteiger partial charge >= 0.3 is 0 Å². The van der Waals surface area contributed by atoms with Crippen LogP contribution >= 0.6 is 0 Å². The summed E-state index contributed by atoms with van der Waals surface area (Å²) in [6.07, 6.45) is 0. The minimum Gasteiger partial charge on any atom is -0.456 e. The van der Waals surface area contributed by atoms with Gasteiger partial charge in [-0.15, -0.1) is 0 Å². The number of fused-ring (bicyclic) bond motifs is 6. The largest absolute Gasteiger partial charge is 0.456 e. The van der Waals surface area contributed by atoms with Crippen LogP contribution in [0, 0.1) is 0 Å². The average molecular weight is 577 g/mol. The van der Waals surface area contributed by atoms with Crippen molar-refractivity contribution in [1.82, 2.24) is 0 Å². The Morgan fingerprint density at radius 3 is 1.71 bits per heavy atom. The molecule has 0 N–H and O–H groups in total. The Kier molecular flexibility index (Phi) is 5.53. The zero-order chi connectivity index (χ0) is 30.3. The Morgan fingerprint density at radius 1 is 0.400 bits per heavy atom. The topological polar surface area (TPSA) is 9.23 Å². The van der Waals surface area contributed by atoms with E-state index in [1.54, 1.807) is 0 Å². The molecule has 0 bridgehead atoms. The second-order valence-electron chi connectivity index (χ2n) is 13.4. The molecule has 8 aromatic carbocycles. The molecule has 0 saturated heterocycles. The molecule has 8 aromatic rings. The molecule has 1 aliphatic rings. The molecule has 0 atom stereocenters. The van der Waals surface area contributed by atoms with Gasteiger partial charge in [0.25, 0.3) is 0 Å². The van der Waals surface area contributed by atoms with E-state index in [1.807, 2.05) is 0 Å². The van der Waals surface area contributed by atoms with Crippen LogP contribution in [0.1, 0.15) is 26.3 Å². The van der Waals surface area contributed by atoms with Crippen LogP contribution in [0.2, 0.25) is 0 Å². The van der Waals surface area contributed by atoms with E-state index in [-0.39, 0.29) is 5.41 Å². The van der Waals surface area contributed by atoms with Gasteiger partial charge < -0.3 is 4.74 Å². The fourth-order valence-corrected chi connectivity index (χ4v) is 7.04. The van der Waals surface area contributed by atoms with Gasteiger partial charge in [-0.25, -0.2) is 0 Å². The number of ether oxygens (including phenoxy) is 1. The van der Waals surface area contributed by atoms with E-state index < -0.39 is 0 Å². The smallest absolute Gasteiger partial charge is 0.136 e. The lowest BCUT2D eigenvalue weighted by Crippen LogP contribution is -2.10. The van der Waals surface area contributed by atoms with Crippen LogP contribution in [0.3, 0.4) is 0 Å². The quantitative estimate of drug-likeness (QED) is 0.186. The summed E-state index contributed by atoms with van der Waals surface area (Å²) < 4.78 is 6.60. The third-order valence-electron chi connectivity index (χ3n) is 9.55. The molecule has 0 aromatic heterocycles. The first kappa shape index (κ1) is 26.0. The van der Waals surface area contributed by atoms with E-state index >= 15 is 0 Å². The second kappa shape index (κ2) is 9.55. The van der Waals surface area contributed by atoms with Gasteiger partial charge in [0.05, 0.1) is 0 Å². The molecular weight excluding hydrogens is 544 g/mol. The van der Waals surface area contributed by atoms with Crippen molar-refractivity contribution in [3.63, 3.8) is 0 Å². The van der Waals surface area contributed by atoms with Gasteiger partial charge in [0, 0.05) is 10.9 Å². The van der Waals surface area contributed by atoms with Crippen molar-refractivity contribution in [3.05, 3.63) is 145 Å². The van der Waals surface area contributed by atoms with Crippen molar-refractivity contribution >= 4 is 43.1 Å². The molecule has 0 saturated carbocycles. The molecule has 9 rings (SSSR count). The summed E-state index contributed by atoms with van der Waals surface area (Å²) in [4.78, 5) is 0. The monoisotopic (exact) mass is 576 g/mol. The highest BCUT2D eigenvalue weighted by atomic mass is 16.5. The highest BCUT2D eigenvalue weighted by molar-refractivity contribution is 6.16. The van der Waals surface area contributed by atoms with Gasteiger partial charge in [-0.2, -0.15) is 0 Å². The van der Waals surface area contributed by atoms with Gasteiger partial charge in [-0.1, -0.05) is 118 Å². The second-order valence-corrected chi connectivity index (χ2v) is 13.4. The Labute approximate surface area is 263 Å². The summed E-state index contributed by atoms with van der Waals surface area (Å²) in [5, 5.41) is 9.94. The van der Waals surface area contributed by atoms with E-state index in [0.29, 0.717) is 0 Å². The molecule has 1 nitrogen and oxygen atoms in total. The molecule has 0 radical (unpaired) electrons. The molecule has 214 valence electrons. The molecule has 0 spiro atoms. The van der Waals surface area contributed by atoms with E-state index in [2.05, 4.69) is 160 Å². The van der Waals surface area contributed by atoms with E-state index in [0.717, 1.165) is 17.1 Å². The molecular formula is C44H32O. The lowest BCUT2D eigenvalue weighted by Gasteiger charge is -2.24. The highest BCUT2D eigenvalue weighted by Crippen LogP contribution is 2.50. The molecule has 0 fully saturated rings. The van der Waals surface area contributed by atoms with Gasteiger partial charge in [0.1, 0.15) is 11.5 Å². The summed E-state index contributed by atoms with van der Waals surface area (Å²) >= 11 is 0. The number of benzene rings is 8. The summed E-state index contributed by atoms with van der Waals surface area (Å²) in [5.41, 5.74) is 8.68. The molecule has 0 amide bonds. The van der Waals surface area contributed by atoms with Gasteiger partial charge in [0.2, 0.25) is 0 Å². The van der Waals surface area contributed by atoms with Crippen LogP contribution in [0.25, 0.3) is 76.5 Å². The normalized spacial score (nSPS) is 12.5. The van der Waals surface area contributed by atoms with E-state index in [4.69, 9.17) is 4.74 Å². The van der Waals surface area contributed by atoms with Crippen LogP contribution < -0.4 is 4.74 Å². The first-order chi connectivity index (χ1) is 21.9. The van der Waals surface area contributed by atoms with Crippen LogP contribution in [-0.2, 0) is 5.41 Å². The van der Waals surface area contributed by atoms with Crippen molar-refractivity contribution in [2.45, 2.75) is 26.2 Å². The van der Waals surface area contributed by atoms with Crippen molar-refractivity contribution in [2.75, 3.05) is 0 Å². The molecule has 1 heterocycles. The predicted molar refractivity (Wildman–Crippen MR) is 192 cm³/mol. The zero-order valence-electron chi connectivity index (χ0n) is 25.7. The van der Waals surface area contributed by atoms with Crippen LogP contribution in [0.4, 0.5) is 0 Å². The van der Waals surface area contributed by atoms with Crippen molar-refractivity contribution in [2.24, 2.45) is 0 Å². The van der Waals surface area contributed by atoms with Crippen LogP contribution in [-0.4, -0.2) is 0 Å². The fourth-order valence-electron chi connectivity index (χ4n) is 7.04. The molecule has 45 heavy (non-hydrogen) atoms. The summed E-state index contributed by atoms with van der Waals surface area (Å²) in [5.74, 6) is 1.84. The van der Waals surface area contributed by atoms with Gasteiger partial charge in [-0.05, 0) is 119 Å². The van der Waals surface area contributed by atoms with Crippen molar-refractivity contribution < 1.29 is 4.74 Å². The lowest BCUT2D eigenvalue weighted by atomic mass is 9.84. The summed E-state index contributed by atoms with van der Waals surface area (Å²) in [6, 6.07) is 51.2. The third-order valence-corrected chi connectivity index (χ3v) is 9.55. The molecule has 1 heteroatoms. The van der Waals surface area contributed by atoms with E-state index in [1.165, 1.54) is 76.5 Å². The molecule has 1 aliphatic heterocycles. The Hall–Kier alpha value is -5.40.